The summed E-state index contributed by atoms with van der Waals surface area (Å²) in [5, 5.41) is 3.11. The second kappa shape index (κ2) is 7.36. The lowest BCUT2D eigenvalue weighted by Crippen LogP contribution is -2.40. The lowest BCUT2D eigenvalue weighted by Gasteiger charge is -2.31. The van der Waals surface area contributed by atoms with Crippen LogP contribution in [0, 0.1) is 11.7 Å². The summed E-state index contributed by atoms with van der Waals surface area (Å²) in [4.78, 5) is 0.0413. The molecule has 0 aliphatic carbocycles. The Bertz CT molecular complexity index is 531. The molecule has 0 radical (unpaired) electrons. The van der Waals surface area contributed by atoms with Crippen LogP contribution in [0.2, 0.25) is 0 Å². The summed E-state index contributed by atoms with van der Waals surface area (Å²) in [6, 6.07) is 5.20. The molecule has 2 rings (SSSR count). The first-order valence-electron chi connectivity index (χ1n) is 6.44. The van der Waals surface area contributed by atoms with Gasteiger partial charge in [0.05, 0.1) is 4.90 Å². The summed E-state index contributed by atoms with van der Waals surface area (Å²) in [5.41, 5.74) is 0. The van der Waals surface area contributed by atoms with E-state index in [-0.39, 0.29) is 17.3 Å². The van der Waals surface area contributed by atoms with E-state index in [1.165, 1.54) is 22.5 Å². The van der Waals surface area contributed by atoms with Crippen LogP contribution in [0.15, 0.2) is 29.2 Å². The van der Waals surface area contributed by atoms with Gasteiger partial charge in [0.2, 0.25) is 10.0 Å². The van der Waals surface area contributed by atoms with Crippen molar-refractivity contribution in [2.45, 2.75) is 17.7 Å². The minimum atomic E-state index is -3.55. The Morgan fingerprint density at radius 3 is 2.55 bits per heavy atom. The standard InChI is InChI=1S/C13H19FN2O2S.ClH/c1-15-10-11-5-7-16(8-6-11)19(17,18)13-4-2-3-12(14)9-13;/h2-4,9,11,15H,5-8,10H2,1H3;1H. The van der Waals surface area contributed by atoms with Crippen LogP contribution in [-0.2, 0) is 10.0 Å². The molecule has 0 bridgehead atoms. The van der Waals surface area contributed by atoms with E-state index in [1.54, 1.807) is 0 Å². The van der Waals surface area contributed by atoms with Gasteiger partial charge in [-0.3, -0.25) is 0 Å². The number of benzene rings is 1. The zero-order chi connectivity index (χ0) is 13.9. The van der Waals surface area contributed by atoms with Gasteiger partial charge in [0.1, 0.15) is 5.82 Å². The van der Waals surface area contributed by atoms with Crippen LogP contribution in [0.5, 0.6) is 0 Å². The molecule has 1 fully saturated rings. The summed E-state index contributed by atoms with van der Waals surface area (Å²) in [7, 11) is -1.65. The van der Waals surface area contributed by atoms with Gasteiger partial charge in [-0.05, 0) is 50.6 Å². The molecule has 7 heteroatoms. The van der Waals surface area contributed by atoms with E-state index < -0.39 is 15.8 Å². The minimum Gasteiger partial charge on any atom is -0.319 e. The van der Waals surface area contributed by atoms with Gasteiger partial charge in [-0.25, -0.2) is 12.8 Å². The highest BCUT2D eigenvalue weighted by molar-refractivity contribution is 7.89. The molecule has 20 heavy (non-hydrogen) atoms. The Balaban J connectivity index is 0.00000200. The van der Waals surface area contributed by atoms with Gasteiger partial charge < -0.3 is 5.32 Å². The highest BCUT2D eigenvalue weighted by Gasteiger charge is 2.29. The van der Waals surface area contributed by atoms with E-state index >= 15 is 0 Å². The number of hydrogen-bond donors (Lipinski definition) is 1. The van der Waals surface area contributed by atoms with Gasteiger partial charge in [-0.15, -0.1) is 12.4 Å². The maximum absolute atomic E-state index is 13.1. The average molecular weight is 323 g/mol. The third-order valence-corrected chi connectivity index (χ3v) is 5.39. The van der Waals surface area contributed by atoms with Crippen molar-refractivity contribution in [2.24, 2.45) is 5.92 Å². The fourth-order valence-corrected chi connectivity index (χ4v) is 3.92. The van der Waals surface area contributed by atoms with Gasteiger partial charge in [0.15, 0.2) is 0 Å². The normalized spacial score (nSPS) is 17.7. The number of hydrogen-bond acceptors (Lipinski definition) is 3. The highest BCUT2D eigenvalue weighted by Crippen LogP contribution is 2.23. The maximum atomic E-state index is 13.1. The third-order valence-electron chi connectivity index (χ3n) is 3.50. The smallest absolute Gasteiger partial charge is 0.243 e. The molecule has 0 atom stereocenters. The van der Waals surface area contributed by atoms with Crippen molar-refractivity contribution in [3.63, 3.8) is 0 Å². The van der Waals surface area contributed by atoms with Crippen molar-refractivity contribution >= 4 is 22.4 Å². The van der Waals surface area contributed by atoms with Gasteiger partial charge >= 0.3 is 0 Å². The van der Waals surface area contributed by atoms with E-state index in [1.807, 2.05) is 7.05 Å². The zero-order valence-electron chi connectivity index (χ0n) is 11.4. The number of sulfonamides is 1. The Morgan fingerprint density at radius 1 is 1.35 bits per heavy atom. The molecule has 0 spiro atoms. The van der Waals surface area contributed by atoms with Crippen LogP contribution in [-0.4, -0.2) is 39.4 Å². The number of piperidine rings is 1. The lowest BCUT2D eigenvalue weighted by atomic mass is 9.98. The predicted octanol–water partition coefficient (Wildman–Crippen LogP) is 1.87. The van der Waals surface area contributed by atoms with Crippen LogP contribution in [0.4, 0.5) is 4.39 Å². The molecule has 1 aromatic rings. The first-order valence-corrected chi connectivity index (χ1v) is 7.88. The molecule has 1 aliphatic heterocycles. The van der Waals surface area contributed by atoms with E-state index in [9.17, 15) is 12.8 Å². The minimum absolute atomic E-state index is 0. The summed E-state index contributed by atoms with van der Waals surface area (Å²) in [5.74, 6) is -0.00453. The van der Waals surface area contributed by atoms with Crippen LogP contribution in [0.25, 0.3) is 0 Å². The van der Waals surface area contributed by atoms with Crippen molar-refractivity contribution in [3.8, 4) is 0 Å². The number of nitrogens with zero attached hydrogens (tertiary/aromatic N) is 1. The van der Waals surface area contributed by atoms with E-state index in [0.29, 0.717) is 19.0 Å². The molecule has 0 unspecified atom stereocenters. The second-order valence-electron chi connectivity index (χ2n) is 4.86. The van der Waals surface area contributed by atoms with Gasteiger partial charge in [-0.2, -0.15) is 4.31 Å². The highest BCUT2D eigenvalue weighted by atomic mass is 35.5. The summed E-state index contributed by atoms with van der Waals surface area (Å²) < 4.78 is 39.3. The topological polar surface area (TPSA) is 49.4 Å². The Morgan fingerprint density at radius 2 is 2.00 bits per heavy atom. The average Bonchev–Trinajstić information content (AvgIpc) is 2.40. The summed E-state index contributed by atoms with van der Waals surface area (Å²) in [6.45, 7) is 1.92. The largest absolute Gasteiger partial charge is 0.319 e. The van der Waals surface area contributed by atoms with Crippen molar-refractivity contribution < 1.29 is 12.8 Å². The van der Waals surface area contributed by atoms with Crippen molar-refractivity contribution in [1.82, 2.24) is 9.62 Å². The van der Waals surface area contributed by atoms with Crippen LogP contribution in [0.1, 0.15) is 12.8 Å². The predicted molar refractivity (Wildman–Crippen MR) is 79.1 cm³/mol. The van der Waals surface area contributed by atoms with Crippen LogP contribution in [0.3, 0.4) is 0 Å². The SMILES string of the molecule is CNCC1CCN(S(=O)(=O)c2cccc(F)c2)CC1.Cl. The summed E-state index contributed by atoms with van der Waals surface area (Å²) >= 11 is 0. The molecule has 1 N–H and O–H groups in total. The molecular formula is C13H20ClFN2O2S. The van der Waals surface area contributed by atoms with E-state index in [4.69, 9.17) is 0 Å². The number of rotatable bonds is 4. The van der Waals surface area contributed by atoms with E-state index in [2.05, 4.69) is 5.32 Å². The quantitative estimate of drug-likeness (QED) is 0.920. The Labute approximate surface area is 125 Å². The van der Waals surface area contributed by atoms with Crippen molar-refractivity contribution in [2.75, 3.05) is 26.7 Å². The molecule has 1 aromatic carbocycles. The Hall–Kier alpha value is -0.690. The molecule has 114 valence electrons. The first-order chi connectivity index (χ1) is 9.04. The molecule has 0 amide bonds. The van der Waals surface area contributed by atoms with Crippen LogP contribution < -0.4 is 5.32 Å². The fourth-order valence-electron chi connectivity index (χ4n) is 2.42. The molecular weight excluding hydrogens is 303 g/mol. The van der Waals surface area contributed by atoms with Crippen molar-refractivity contribution in [1.29, 1.82) is 0 Å². The monoisotopic (exact) mass is 322 g/mol. The van der Waals surface area contributed by atoms with E-state index in [0.717, 1.165) is 25.5 Å². The molecule has 1 aliphatic rings. The third kappa shape index (κ3) is 3.91. The molecule has 1 heterocycles. The maximum Gasteiger partial charge on any atom is 0.243 e. The van der Waals surface area contributed by atoms with Crippen molar-refractivity contribution in [3.05, 3.63) is 30.1 Å². The van der Waals surface area contributed by atoms with Crippen LogP contribution >= 0.6 is 12.4 Å². The Kier molecular flexibility index (Phi) is 6.39. The lowest BCUT2D eigenvalue weighted by molar-refractivity contribution is 0.270. The summed E-state index contributed by atoms with van der Waals surface area (Å²) in [6.07, 6.45) is 1.69. The molecule has 0 saturated carbocycles. The van der Waals surface area contributed by atoms with Gasteiger partial charge in [0.25, 0.3) is 0 Å². The molecule has 0 aromatic heterocycles. The second-order valence-corrected chi connectivity index (χ2v) is 6.80. The van der Waals surface area contributed by atoms with Gasteiger partial charge in [-0.1, -0.05) is 6.07 Å². The number of nitrogens with one attached hydrogen (secondary N) is 1. The first kappa shape index (κ1) is 17.4. The van der Waals surface area contributed by atoms with Gasteiger partial charge in [0, 0.05) is 13.1 Å². The molecule has 4 nitrogen and oxygen atoms in total. The fraction of sp³-hybridized carbons (Fsp3) is 0.538. The molecule has 1 saturated heterocycles. The number of halogens is 2. The zero-order valence-corrected chi connectivity index (χ0v) is 13.0.